The minimum Gasteiger partial charge on any atom is -0.457 e. The van der Waals surface area contributed by atoms with Crippen molar-refractivity contribution >= 4 is 23.0 Å². The maximum atomic E-state index is 12.3. The summed E-state index contributed by atoms with van der Waals surface area (Å²) in [7, 11) is -7.71. The lowest BCUT2D eigenvalue weighted by Gasteiger charge is -2.15. The van der Waals surface area contributed by atoms with Crippen molar-refractivity contribution in [3.8, 4) is 11.5 Å². The number of nitrogens with one attached hydrogen (secondary N) is 2. The van der Waals surface area contributed by atoms with Crippen LogP contribution >= 0.6 is 7.37 Å². The first-order valence-electron chi connectivity index (χ1n) is 8.25. The number of hydrogen-bond acceptors (Lipinski definition) is 6. The van der Waals surface area contributed by atoms with Crippen LogP contribution in [0.1, 0.15) is 0 Å². The molecule has 0 spiro atoms. The third-order valence-corrected chi connectivity index (χ3v) is 5.89. The second-order valence-corrected chi connectivity index (χ2v) is 10.00. The molecular formula is C17H22N3O6PS. The van der Waals surface area contributed by atoms with Gasteiger partial charge in [0.05, 0.1) is 4.90 Å². The monoisotopic (exact) mass is 427 g/mol. The molecule has 0 fully saturated rings. The van der Waals surface area contributed by atoms with Crippen LogP contribution in [0.5, 0.6) is 11.5 Å². The molecule has 0 aromatic heterocycles. The predicted octanol–water partition coefficient (Wildman–Crippen LogP) is 1.69. The van der Waals surface area contributed by atoms with Crippen molar-refractivity contribution in [1.82, 2.24) is 10.0 Å². The summed E-state index contributed by atoms with van der Waals surface area (Å²) in [6.45, 7) is 0.593. The van der Waals surface area contributed by atoms with Crippen LogP contribution in [0, 0.1) is 0 Å². The Labute approximate surface area is 163 Å². The molecule has 2 atom stereocenters. The summed E-state index contributed by atoms with van der Waals surface area (Å²) in [6.07, 6.45) is 0. The Kier molecular flexibility index (Phi) is 7.34. The highest BCUT2D eigenvalue weighted by molar-refractivity contribution is 7.89. The molecule has 0 bridgehead atoms. The van der Waals surface area contributed by atoms with Crippen LogP contribution in [-0.2, 0) is 14.6 Å². The molecule has 1 amide bonds. The van der Waals surface area contributed by atoms with Gasteiger partial charge in [0.2, 0.25) is 10.0 Å². The summed E-state index contributed by atoms with van der Waals surface area (Å²) >= 11 is 0. The SMILES string of the molecule is CP(=O)(O)C(=O)NCC(N)CNS(=O)(=O)c1ccc(Oc2ccccc2)cc1. The second-order valence-electron chi connectivity index (χ2n) is 6.06. The summed E-state index contributed by atoms with van der Waals surface area (Å²) in [6, 6.07) is 14.1. The first kappa shape index (κ1) is 22.1. The van der Waals surface area contributed by atoms with Gasteiger partial charge in [0.1, 0.15) is 11.5 Å². The van der Waals surface area contributed by atoms with Gasteiger partial charge in [0.25, 0.3) is 7.37 Å². The Balaban J connectivity index is 1.90. The van der Waals surface area contributed by atoms with Crippen molar-refractivity contribution in [2.24, 2.45) is 5.73 Å². The number of benzene rings is 2. The van der Waals surface area contributed by atoms with Crippen molar-refractivity contribution in [1.29, 1.82) is 0 Å². The highest BCUT2D eigenvalue weighted by Gasteiger charge is 2.22. The fourth-order valence-corrected chi connectivity index (χ4v) is 3.53. The van der Waals surface area contributed by atoms with Gasteiger partial charge in [-0.1, -0.05) is 18.2 Å². The van der Waals surface area contributed by atoms with E-state index < -0.39 is 29.1 Å². The van der Waals surface area contributed by atoms with Gasteiger partial charge in [0, 0.05) is 25.8 Å². The van der Waals surface area contributed by atoms with Gasteiger partial charge < -0.3 is 20.7 Å². The number of carbonyl (C=O) groups is 1. The molecule has 0 saturated carbocycles. The van der Waals surface area contributed by atoms with E-state index in [1.807, 2.05) is 18.2 Å². The topological polar surface area (TPSA) is 148 Å². The Morgan fingerprint density at radius 2 is 1.68 bits per heavy atom. The molecule has 28 heavy (non-hydrogen) atoms. The van der Waals surface area contributed by atoms with E-state index in [0.717, 1.165) is 6.66 Å². The first-order chi connectivity index (χ1) is 13.1. The lowest BCUT2D eigenvalue weighted by Crippen LogP contribution is -2.44. The Hall–Kier alpha value is -2.23. The number of carbonyl (C=O) groups excluding carboxylic acids is 1. The normalized spacial score (nSPS) is 14.7. The van der Waals surface area contributed by atoms with Crippen LogP contribution in [-0.4, -0.2) is 44.8 Å². The average Bonchev–Trinajstić information content (AvgIpc) is 2.65. The number of para-hydroxylation sites is 1. The Bertz CT molecular complexity index is 945. The van der Waals surface area contributed by atoms with E-state index in [1.165, 1.54) is 24.3 Å². The average molecular weight is 427 g/mol. The van der Waals surface area contributed by atoms with Gasteiger partial charge in [-0.15, -0.1) is 0 Å². The molecule has 2 aromatic carbocycles. The Morgan fingerprint density at radius 3 is 2.25 bits per heavy atom. The van der Waals surface area contributed by atoms with Crippen molar-refractivity contribution in [3.63, 3.8) is 0 Å². The highest BCUT2D eigenvalue weighted by Crippen LogP contribution is 2.35. The zero-order valence-electron chi connectivity index (χ0n) is 15.1. The Morgan fingerprint density at radius 1 is 1.11 bits per heavy atom. The number of nitrogens with two attached hydrogens (primary N) is 1. The van der Waals surface area contributed by atoms with Gasteiger partial charge in [-0.3, -0.25) is 9.36 Å². The third-order valence-electron chi connectivity index (χ3n) is 3.54. The van der Waals surface area contributed by atoms with Crippen LogP contribution in [0.2, 0.25) is 0 Å². The van der Waals surface area contributed by atoms with Gasteiger partial charge in [-0.05, 0) is 36.4 Å². The van der Waals surface area contributed by atoms with E-state index >= 15 is 0 Å². The number of rotatable bonds is 9. The fourth-order valence-electron chi connectivity index (χ4n) is 2.05. The third kappa shape index (κ3) is 6.74. The molecule has 5 N–H and O–H groups in total. The summed E-state index contributed by atoms with van der Waals surface area (Å²) in [5.74, 6) is 1.11. The van der Waals surface area contributed by atoms with E-state index in [2.05, 4.69) is 10.0 Å². The predicted molar refractivity (Wildman–Crippen MR) is 105 cm³/mol. The summed E-state index contributed by atoms with van der Waals surface area (Å²) < 4.78 is 43.7. The highest BCUT2D eigenvalue weighted by atomic mass is 32.2. The first-order valence-corrected chi connectivity index (χ1v) is 11.8. The molecule has 2 aromatic rings. The quantitative estimate of drug-likeness (QED) is 0.445. The molecule has 0 saturated heterocycles. The fraction of sp³-hybridized carbons (Fsp3) is 0.235. The molecule has 152 valence electrons. The zero-order valence-corrected chi connectivity index (χ0v) is 16.8. The van der Waals surface area contributed by atoms with E-state index in [4.69, 9.17) is 15.4 Å². The lowest BCUT2D eigenvalue weighted by molar-refractivity contribution is 0.255. The van der Waals surface area contributed by atoms with Crippen LogP contribution in [0.25, 0.3) is 0 Å². The molecule has 11 heteroatoms. The summed E-state index contributed by atoms with van der Waals surface area (Å²) in [5, 5.41) is 2.20. The van der Waals surface area contributed by atoms with Gasteiger partial charge in [-0.2, -0.15) is 0 Å². The van der Waals surface area contributed by atoms with E-state index in [9.17, 15) is 17.8 Å². The van der Waals surface area contributed by atoms with Crippen molar-refractivity contribution < 1.29 is 27.4 Å². The second kappa shape index (κ2) is 9.31. The standard InChI is InChI=1S/C17H22N3O6PS/c1-27(22,23)17(21)19-11-13(18)12-20-28(24,25)16-9-7-15(8-10-16)26-14-5-3-2-4-6-14/h2-10,13,20H,11-12,18H2,1H3,(H,19,21)(H,22,23). The maximum absolute atomic E-state index is 12.3. The lowest BCUT2D eigenvalue weighted by atomic mass is 10.3. The van der Waals surface area contributed by atoms with Gasteiger partial charge in [-0.25, -0.2) is 13.1 Å². The van der Waals surface area contributed by atoms with Crippen LogP contribution in [0.4, 0.5) is 4.79 Å². The maximum Gasteiger partial charge on any atom is 0.305 e. The van der Waals surface area contributed by atoms with Crippen LogP contribution < -0.4 is 20.5 Å². The van der Waals surface area contributed by atoms with Gasteiger partial charge in [0.15, 0.2) is 0 Å². The van der Waals surface area contributed by atoms with Gasteiger partial charge >= 0.3 is 5.65 Å². The molecule has 0 heterocycles. The molecule has 0 aliphatic rings. The van der Waals surface area contributed by atoms with Crippen LogP contribution in [0.15, 0.2) is 59.5 Å². The van der Waals surface area contributed by atoms with Crippen molar-refractivity contribution in [2.45, 2.75) is 10.9 Å². The minimum atomic E-state index is -3.90. The molecule has 2 rings (SSSR count). The number of ether oxygens (including phenoxy) is 1. The van der Waals surface area contributed by atoms with Crippen LogP contribution in [0.3, 0.4) is 0 Å². The zero-order chi connectivity index (χ0) is 20.8. The molecule has 0 aliphatic heterocycles. The van der Waals surface area contributed by atoms with E-state index in [0.29, 0.717) is 11.5 Å². The molecular weight excluding hydrogens is 405 g/mol. The van der Waals surface area contributed by atoms with Crippen molar-refractivity contribution in [2.75, 3.05) is 19.8 Å². The number of hydrogen-bond donors (Lipinski definition) is 4. The molecule has 2 unspecified atom stereocenters. The molecule has 9 nitrogen and oxygen atoms in total. The molecule has 0 aliphatic carbocycles. The summed E-state index contributed by atoms with van der Waals surface area (Å²) in [5.41, 5.74) is 4.70. The van der Waals surface area contributed by atoms with Crippen molar-refractivity contribution in [3.05, 3.63) is 54.6 Å². The summed E-state index contributed by atoms with van der Waals surface area (Å²) in [4.78, 5) is 20.5. The minimum absolute atomic E-state index is 0.0255. The molecule has 0 radical (unpaired) electrons. The smallest absolute Gasteiger partial charge is 0.305 e. The van der Waals surface area contributed by atoms with E-state index in [1.54, 1.807) is 12.1 Å². The number of sulfonamides is 1. The largest absolute Gasteiger partial charge is 0.457 e. The van der Waals surface area contributed by atoms with E-state index in [-0.39, 0.29) is 18.0 Å². The number of amides is 1.